The molecule has 1 N–H and O–H groups in total. The van der Waals surface area contributed by atoms with Crippen LogP contribution < -0.4 is 0 Å². The van der Waals surface area contributed by atoms with Crippen LogP contribution in [0.25, 0.3) is 0 Å². The van der Waals surface area contributed by atoms with Crippen LogP contribution in [-0.2, 0) is 0 Å². The Morgan fingerprint density at radius 3 is 1.55 bits per heavy atom. The van der Waals surface area contributed by atoms with Crippen LogP contribution >= 0.6 is 0 Å². The Labute approximate surface area is 127 Å². The largest absolute Gasteiger partial charge is 0.395 e. The summed E-state index contributed by atoms with van der Waals surface area (Å²) >= 11 is 0. The molecule has 122 valence electrons. The summed E-state index contributed by atoms with van der Waals surface area (Å²) in [6.45, 7) is 16.1. The maximum absolute atomic E-state index is 8.33. The average molecular weight is 287 g/mol. The van der Waals surface area contributed by atoms with Gasteiger partial charge in [0, 0.05) is 33.7 Å². The third-order valence-corrected chi connectivity index (χ3v) is 2.73. The highest BCUT2D eigenvalue weighted by Crippen LogP contribution is 1.79. The monoisotopic (exact) mass is 287 g/mol. The lowest BCUT2D eigenvalue weighted by molar-refractivity contribution is 0.227. The Balaban J connectivity index is -0.000000218. The van der Waals surface area contributed by atoms with Gasteiger partial charge in [0.05, 0.1) is 6.61 Å². The number of nitrogens with zero attached hydrogens (tertiary/aromatic N) is 3. The van der Waals surface area contributed by atoms with Crippen molar-refractivity contribution in [3.63, 3.8) is 0 Å². The maximum atomic E-state index is 8.33. The number of hydrogen-bond donors (Lipinski definition) is 1. The first-order valence-corrected chi connectivity index (χ1v) is 7.38. The second kappa shape index (κ2) is 20.3. The van der Waals surface area contributed by atoms with E-state index in [1.54, 1.807) is 6.20 Å². The minimum absolute atomic E-state index is 0.268. The van der Waals surface area contributed by atoms with Gasteiger partial charge in [0.1, 0.15) is 0 Å². The number of likely N-dealkylation sites (N-methyl/N-ethyl adjacent to an activating group) is 1. The Morgan fingerprint density at radius 1 is 0.950 bits per heavy atom. The number of aliphatic hydroxyl groups excluding tert-OH is 1. The SMILES string of the molecule is C=CN(C)CC.CC=CN(C)CC.CCN(C)CCO. The van der Waals surface area contributed by atoms with E-state index in [9.17, 15) is 0 Å². The number of allylic oxidation sites excluding steroid dienone is 1. The van der Waals surface area contributed by atoms with Crippen molar-refractivity contribution in [2.75, 3.05) is 53.9 Å². The summed E-state index contributed by atoms with van der Waals surface area (Å²) in [6.07, 6.45) is 5.89. The lowest BCUT2D eigenvalue weighted by Crippen LogP contribution is -2.20. The van der Waals surface area contributed by atoms with Crippen molar-refractivity contribution in [3.8, 4) is 0 Å². The van der Waals surface area contributed by atoms with Crippen molar-refractivity contribution in [3.05, 3.63) is 25.1 Å². The van der Waals surface area contributed by atoms with Gasteiger partial charge in [0.25, 0.3) is 0 Å². The molecular formula is C16H37N3O. The van der Waals surface area contributed by atoms with Crippen LogP contribution in [0.5, 0.6) is 0 Å². The molecule has 0 saturated heterocycles. The van der Waals surface area contributed by atoms with Crippen LogP contribution in [0.3, 0.4) is 0 Å². The summed E-state index contributed by atoms with van der Waals surface area (Å²) in [5.41, 5.74) is 0. The molecular weight excluding hydrogens is 250 g/mol. The first-order chi connectivity index (χ1) is 9.42. The van der Waals surface area contributed by atoms with E-state index in [4.69, 9.17) is 5.11 Å². The molecule has 0 spiro atoms. The molecule has 0 rings (SSSR count). The zero-order valence-corrected chi connectivity index (χ0v) is 14.8. The summed E-state index contributed by atoms with van der Waals surface area (Å²) < 4.78 is 0. The van der Waals surface area contributed by atoms with E-state index in [0.29, 0.717) is 0 Å². The fourth-order valence-corrected chi connectivity index (χ4v) is 0.818. The number of rotatable bonds is 7. The van der Waals surface area contributed by atoms with E-state index in [-0.39, 0.29) is 6.61 Å². The van der Waals surface area contributed by atoms with Crippen molar-refractivity contribution in [2.24, 2.45) is 0 Å². The fraction of sp³-hybridized carbons (Fsp3) is 0.750. The smallest absolute Gasteiger partial charge is 0.0558 e. The molecule has 0 aromatic heterocycles. The van der Waals surface area contributed by atoms with Crippen LogP contribution in [0, 0.1) is 0 Å². The molecule has 20 heavy (non-hydrogen) atoms. The van der Waals surface area contributed by atoms with Crippen LogP contribution in [0.15, 0.2) is 25.1 Å². The third kappa shape index (κ3) is 25.8. The standard InChI is InChI=1S/C6H13N.C5H13NO.C5H11N/c1-4-6-7(3)5-2;1-3-6(2)4-5-7;1-4-6(3)5-2/h4,6H,5H2,1-3H3;7H,3-5H2,1-2H3;4H,1,5H2,2-3H3. The van der Waals surface area contributed by atoms with E-state index in [1.165, 1.54) is 0 Å². The zero-order valence-electron chi connectivity index (χ0n) is 14.8. The third-order valence-electron chi connectivity index (χ3n) is 2.73. The molecule has 0 atom stereocenters. The van der Waals surface area contributed by atoms with E-state index >= 15 is 0 Å². The van der Waals surface area contributed by atoms with Gasteiger partial charge >= 0.3 is 0 Å². The first kappa shape index (κ1) is 24.0. The summed E-state index contributed by atoms with van der Waals surface area (Å²) in [7, 11) is 6.03. The second-order valence-electron chi connectivity index (χ2n) is 4.43. The zero-order chi connectivity index (χ0) is 16.4. The highest BCUT2D eigenvalue weighted by Gasteiger charge is 1.87. The lowest BCUT2D eigenvalue weighted by atomic mass is 10.6. The lowest BCUT2D eigenvalue weighted by Gasteiger charge is -2.09. The Hall–Kier alpha value is -1.00. The van der Waals surface area contributed by atoms with Crippen molar-refractivity contribution in [1.29, 1.82) is 0 Å². The van der Waals surface area contributed by atoms with E-state index in [1.807, 2.05) is 32.0 Å². The molecule has 0 amide bonds. The van der Waals surface area contributed by atoms with Gasteiger partial charge in [0.15, 0.2) is 0 Å². The molecule has 0 radical (unpaired) electrons. The van der Waals surface area contributed by atoms with Gasteiger partial charge in [-0.1, -0.05) is 19.6 Å². The van der Waals surface area contributed by atoms with Gasteiger partial charge < -0.3 is 19.8 Å². The highest BCUT2D eigenvalue weighted by molar-refractivity contribution is 4.74. The molecule has 0 aromatic rings. The number of hydrogen-bond acceptors (Lipinski definition) is 4. The van der Waals surface area contributed by atoms with E-state index in [0.717, 1.165) is 26.2 Å². The van der Waals surface area contributed by atoms with Crippen molar-refractivity contribution in [2.45, 2.75) is 27.7 Å². The van der Waals surface area contributed by atoms with Gasteiger partial charge in [-0.15, -0.1) is 0 Å². The molecule has 0 aliphatic heterocycles. The quantitative estimate of drug-likeness (QED) is 0.779. The van der Waals surface area contributed by atoms with Gasteiger partial charge in [-0.2, -0.15) is 0 Å². The molecule has 0 heterocycles. The highest BCUT2D eigenvalue weighted by atomic mass is 16.3. The summed E-state index contributed by atoms with van der Waals surface area (Å²) in [5.74, 6) is 0. The van der Waals surface area contributed by atoms with Crippen molar-refractivity contribution in [1.82, 2.24) is 14.7 Å². The predicted octanol–water partition coefficient (Wildman–Crippen LogP) is 2.48. The molecule has 0 aliphatic rings. The Kier molecular flexibility index (Phi) is 24.4. The maximum Gasteiger partial charge on any atom is 0.0558 e. The molecule has 0 fully saturated rings. The molecule has 0 unspecified atom stereocenters. The van der Waals surface area contributed by atoms with Gasteiger partial charge in [-0.25, -0.2) is 0 Å². The van der Waals surface area contributed by atoms with Gasteiger partial charge in [-0.05, 0) is 46.8 Å². The topological polar surface area (TPSA) is 30.0 Å². The molecule has 4 heteroatoms. The van der Waals surface area contributed by atoms with Crippen molar-refractivity contribution >= 4 is 0 Å². The van der Waals surface area contributed by atoms with E-state index < -0.39 is 0 Å². The molecule has 0 aromatic carbocycles. The second-order valence-corrected chi connectivity index (χ2v) is 4.43. The first-order valence-electron chi connectivity index (χ1n) is 7.38. The van der Waals surface area contributed by atoms with Crippen LogP contribution in [0.1, 0.15) is 27.7 Å². The Bertz CT molecular complexity index is 208. The molecule has 0 saturated carbocycles. The number of aliphatic hydroxyl groups is 1. The minimum atomic E-state index is 0.268. The predicted molar refractivity (Wildman–Crippen MR) is 91.9 cm³/mol. The Morgan fingerprint density at radius 2 is 1.45 bits per heavy atom. The molecule has 0 aliphatic carbocycles. The van der Waals surface area contributed by atoms with Gasteiger partial charge in [0.2, 0.25) is 0 Å². The molecule has 0 bridgehead atoms. The van der Waals surface area contributed by atoms with E-state index in [2.05, 4.69) is 50.4 Å². The summed E-state index contributed by atoms with van der Waals surface area (Å²) in [4.78, 5) is 6.19. The van der Waals surface area contributed by atoms with Crippen molar-refractivity contribution < 1.29 is 5.11 Å². The summed E-state index contributed by atoms with van der Waals surface area (Å²) in [6, 6.07) is 0. The summed E-state index contributed by atoms with van der Waals surface area (Å²) in [5, 5.41) is 8.33. The average Bonchev–Trinajstić information content (AvgIpc) is 2.48. The minimum Gasteiger partial charge on any atom is -0.395 e. The normalized spacial score (nSPS) is 9.45. The van der Waals surface area contributed by atoms with Crippen LogP contribution in [-0.4, -0.2) is 73.7 Å². The molecule has 4 nitrogen and oxygen atoms in total. The fourth-order valence-electron chi connectivity index (χ4n) is 0.818. The van der Waals surface area contributed by atoms with Gasteiger partial charge in [-0.3, -0.25) is 0 Å². The van der Waals surface area contributed by atoms with Crippen LogP contribution in [0.2, 0.25) is 0 Å². The van der Waals surface area contributed by atoms with Crippen LogP contribution in [0.4, 0.5) is 0 Å².